The van der Waals surface area contributed by atoms with Crippen LogP contribution in [-0.4, -0.2) is 22.4 Å². The fraction of sp³-hybridized carbons (Fsp3) is 0. The van der Waals surface area contributed by atoms with E-state index in [9.17, 15) is 0 Å². The summed E-state index contributed by atoms with van der Waals surface area (Å²) in [6.45, 7) is 0. The molecule has 1 atom stereocenters. The zero-order valence-electron chi connectivity index (χ0n) is 3.33. The van der Waals surface area contributed by atoms with E-state index in [1.807, 2.05) is 0 Å². The van der Waals surface area contributed by atoms with E-state index in [-0.39, 0.29) is 29.4 Å². The molecule has 0 aromatic heterocycles. The van der Waals surface area contributed by atoms with Gasteiger partial charge in [0.05, 0.1) is 0 Å². The van der Waals surface area contributed by atoms with Gasteiger partial charge in [-0.05, 0) is 0 Å². The van der Waals surface area contributed by atoms with Gasteiger partial charge in [0, 0.05) is 19.5 Å². The van der Waals surface area contributed by atoms with E-state index in [0.29, 0.717) is 0 Å². The molecule has 6 heavy (non-hydrogen) atoms. The van der Waals surface area contributed by atoms with E-state index in [4.69, 9.17) is 15.1 Å². The molecule has 0 amide bonds. The molecule has 0 aromatic rings. The van der Waals surface area contributed by atoms with Crippen molar-refractivity contribution < 1.29 is 34.6 Å². The summed E-state index contributed by atoms with van der Waals surface area (Å²) < 4.78 is 0. The maximum atomic E-state index is 7.17. The Hall–Kier alpha value is 0.998. The molecule has 0 aliphatic heterocycles. The minimum absolute atomic E-state index is 0. The second kappa shape index (κ2) is 9.37. The third-order valence-electron chi connectivity index (χ3n) is 0. The van der Waals surface area contributed by atoms with E-state index >= 15 is 0 Å². The maximum Gasteiger partial charge on any atom is 0.631 e. The molecule has 0 aliphatic carbocycles. The van der Waals surface area contributed by atoms with Crippen molar-refractivity contribution in [2.75, 3.05) is 0 Å². The molecule has 1 unspecified atom stereocenters. The Morgan fingerprint density at radius 3 is 1.00 bits per heavy atom. The van der Waals surface area contributed by atoms with E-state index in [0.717, 1.165) is 0 Å². The van der Waals surface area contributed by atoms with Crippen molar-refractivity contribution in [3.63, 3.8) is 0 Å². The minimum Gasteiger partial charge on any atom is -0.402 e. The van der Waals surface area contributed by atoms with Crippen LogP contribution in [0.15, 0.2) is 0 Å². The monoisotopic (exact) mass is 160 g/mol. The van der Waals surface area contributed by atoms with Crippen LogP contribution in [0.3, 0.4) is 0 Å². The Kier molecular flexibility index (Phi) is 24.6. The van der Waals surface area contributed by atoms with Crippen molar-refractivity contribution in [1.29, 1.82) is 0 Å². The number of hydrogen-bond acceptors (Lipinski definition) is 3. The Morgan fingerprint density at radius 1 is 1.00 bits per heavy atom. The van der Waals surface area contributed by atoms with Crippen LogP contribution in [0.1, 0.15) is 0 Å². The molecule has 6 heteroatoms. The number of rotatable bonds is 0. The molecule has 3 N–H and O–H groups in total. The van der Waals surface area contributed by atoms with E-state index in [2.05, 4.69) is 0 Å². The molecular weight excluding hydrogens is 155 g/mol. The van der Waals surface area contributed by atoms with Crippen molar-refractivity contribution in [3.8, 4) is 0 Å². The van der Waals surface area contributed by atoms with Crippen molar-refractivity contribution in [2.45, 2.75) is 0 Å². The first-order valence-corrected chi connectivity index (χ1v) is 0.775. The molecule has 0 saturated heterocycles. The predicted octanol–water partition coefficient (Wildman–Crippen LogP) is -2.00. The van der Waals surface area contributed by atoms with Crippen LogP contribution in [-0.2, 0) is 19.5 Å². The molecule has 0 saturated carbocycles. The average Bonchev–Trinajstić information content (AvgIpc) is 0.811. The normalized spacial score (nSPS) is 4.50. The summed E-state index contributed by atoms with van der Waals surface area (Å²) in [5.74, 6) is 0. The van der Waals surface area contributed by atoms with Crippen LogP contribution in [0, 0.1) is 0 Å². The predicted molar refractivity (Wildman–Crippen MR) is 23.5 cm³/mol. The maximum absolute atomic E-state index is 7.17. The van der Waals surface area contributed by atoms with Gasteiger partial charge >= 0.3 is 7.32 Å². The molecular formula is H6BO3PZn. The Labute approximate surface area is 52.3 Å². The van der Waals surface area contributed by atoms with Gasteiger partial charge in [-0.1, -0.05) is 0 Å². The van der Waals surface area contributed by atoms with Crippen molar-refractivity contribution in [2.24, 2.45) is 0 Å². The average molecular weight is 161 g/mol. The van der Waals surface area contributed by atoms with Crippen LogP contribution in [0.5, 0.6) is 0 Å². The first-order chi connectivity index (χ1) is 1.73. The van der Waals surface area contributed by atoms with Crippen LogP contribution < -0.4 is 0 Å². The van der Waals surface area contributed by atoms with E-state index in [1.54, 1.807) is 0 Å². The van der Waals surface area contributed by atoms with Gasteiger partial charge in [0.1, 0.15) is 0 Å². The first-order valence-electron chi connectivity index (χ1n) is 0.775. The Balaban J connectivity index is -0.0000000450. The standard InChI is InChI=1S/BH3O3.H3P.Zn/c2-1(3)4;;/h2-4H;1H3;. The van der Waals surface area contributed by atoms with Gasteiger partial charge in [-0.15, -0.1) is 0 Å². The van der Waals surface area contributed by atoms with Gasteiger partial charge in [0.25, 0.3) is 0 Å². The van der Waals surface area contributed by atoms with Gasteiger partial charge in [-0.2, -0.15) is 9.90 Å². The Bertz CT molecular complexity index is 15.5. The Morgan fingerprint density at radius 2 is 1.00 bits per heavy atom. The second-order valence-electron chi connectivity index (χ2n) is 0.346. The van der Waals surface area contributed by atoms with Gasteiger partial charge in [0.15, 0.2) is 0 Å². The molecule has 0 aliphatic rings. The quantitative estimate of drug-likeness (QED) is 0.284. The van der Waals surface area contributed by atoms with E-state index in [1.165, 1.54) is 0 Å². The molecule has 34 valence electrons. The van der Waals surface area contributed by atoms with Gasteiger partial charge < -0.3 is 15.1 Å². The van der Waals surface area contributed by atoms with Crippen LogP contribution in [0.2, 0.25) is 0 Å². The molecule has 0 radical (unpaired) electrons. The second-order valence-corrected chi connectivity index (χ2v) is 0.346. The van der Waals surface area contributed by atoms with E-state index < -0.39 is 7.32 Å². The van der Waals surface area contributed by atoms with Crippen LogP contribution in [0.4, 0.5) is 0 Å². The summed E-state index contributed by atoms with van der Waals surface area (Å²) in [5, 5.41) is 21.5. The molecule has 0 rings (SSSR count). The molecule has 0 aromatic carbocycles. The fourth-order valence-electron chi connectivity index (χ4n) is 0. The fourth-order valence-corrected chi connectivity index (χ4v) is 0. The SMILES string of the molecule is OB(O)O.P.[Zn]. The molecule has 0 spiro atoms. The molecule has 0 fully saturated rings. The van der Waals surface area contributed by atoms with Gasteiger partial charge in [-0.25, -0.2) is 0 Å². The van der Waals surface area contributed by atoms with Crippen molar-refractivity contribution in [1.82, 2.24) is 0 Å². The summed E-state index contributed by atoms with van der Waals surface area (Å²) in [4.78, 5) is 0. The molecule has 0 heterocycles. The summed E-state index contributed by atoms with van der Waals surface area (Å²) >= 11 is 0. The van der Waals surface area contributed by atoms with Gasteiger partial charge in [0.2, 0.25) is 0 Å². The topological polar surface area (TPSA) is 60.7 Å². The largest absolute Gasteiger partial charge is 0.631 e. The summed E-state index contributed by atoms with van der Waals surface area (Å²) in [5.41, 5.74) is 0. The van der Waals surface area contributed by atoms with Crippen LogP contribution >= 0.6 is 9.90 Å². The first kappa shape index (κ1) is 15.8. The van der Waals surface area contributed by atoms with Gasteiger partial charge in [-0.3, -0.25) is 0 Å². The minimum atomic E-state index is -2.17. The summed E-state index contributed by atoms with van der Waals surface area (Å²) in [7, 11) is -2.17. The third-order valence-corrected chi connectivity index (χ3v) is 0. The van der Waals surface area contributed by atoms with Crippen molar-refractivity contribution >= 4 is 17.2 Å². The van der Waals surface area contributed by atoms with Crippen molar-refractivity contribution in [3.05, 3.63) is 0 Å². The summed E-state index contributed by atoms with van der Waals surface area (Å²) in [6.07, 6.45) is 0. The molecule has 0 bridgehead atoms. The molecule has 3 nitrogen and oxygen atoms in total. The summed E-state index contributed by atoms with van der Waals surface area (Å²) in [6, 6.07) is 0. The van der Waals surface area contributed by atoms with Crippen LogP contribution in [0.25, 0.3) is 0 Å². The third kappa shape index (κ3) is 80.2. The smallest absolute Gasteiger partial charge is 0.402 e. The number of hydrogen-bond donors (Lipinski definition) is 3. The zero-order valence-corrected chi connectivity index (χ0v) is 7.71. The zero-order chi connectivity index (χ0) is 3.58.